The third-order valence-electron chi connectivity index (χ3n) is 2.55. The van der Waals surface area contributed by atoms with Crippen LogP contribution in [-0.4, -0.2) is 18.6 Å². The maximum Gasteiger partial charge on any atom is 0.264 e. The first-order chi connectivity index (χ1) is 9.90. The maximum atomic E-state index is 13.1. The average Bonchev–Trinajstić information content (AvgIpc) is 2.84. The minimum atomic E-state index is -4.10. The number of benzene rings is 1. The van der Waals surface area contributed by atoms with Gasteiger partial charge in [-0.05, 0) is 24.6 Å². The van der Waals surface area contributed by atoms with Crippen molar-refractivity contribution in [2.75, 3.05) is 0 Å². The van der Waals surface area contributed by atoms with Gasteiger partial charge in [0.25, 0.3) is 5.89 Å². The van der Waals surface area contributed by atoms with Crippen LogP contribution in [-0.2, 0) is 23.1 Å². The van der Waals surface area contributed by atoms with Crippen LogP contribution in [0.25, 0.3) is 0 Å². The van der Waals surface area contributed by atoms with Crippen molar-refractivity contribution in [1.82, 2.24) is 10.1 Å². The van der Waals surface area contributed by atoms with Crippen molar-refractivity contribution in [3.8, 4) is 5.75 Å². The molecule has 21 heavy (non-hydrogen) atoms. The standard InChI is InChI=1S/C12H14FN3O4S/c1-2-3-11-15-12(20-16-11)7-19-9-5-4-8(13)6-10(9)21(14,17)18/h4-6H,2-3,7H2,1H3,(H2,14,17,18). The molecule has 0 spiro atoms. The van der Waals surface area contributed by atoms with Crippen molar-refractivity contribution in [1.29, 1.82) is 0 Å². The van der Waals surface area contributed by atoms with Gasteiger partial charge < -0.3 is 9.26 Å². The summed E-state index contributed by atoms with van der Waals surface area (Å²) in [5.74, 6) is -0.0615. The molecule has 2 rings (SSSR count). The van der Waals surface area contributed by atoms with Crippen molar-refractivity contribution in [2.24, 2.45) is 5.14 Å². The summed E-state index contributed by atoms with van der Waals surface area (Å²) in [4.78, 5) is 3.63. The van der Waals surface area contributed by atoms with Crippen LogP contribution in [0.2, 0.25) is 0 Å². The Labute approximate surface area is 121 Å². The van der Waals surface area contributed by atoms with Crippen LogP contribution in [0.15, 0.2) is 27.6 Å². The van der Waals surface area contributed by atoms with Gasteiger partial charge in [-0.1, -0.05) is 12.1 Å². The van der Waals surface area contributed by atoms with E-state index in [0.29, 0.717) is 12.2 Å². The summed E-state index contributed by atoms with van der Waals surface area (Å²) in [6, 6.07) is 3.04. The molecule has 114 valence electrons. The Morgan fingerprint density at radius 2 is 2.19 bits per heavy atom. The summed E-state index contributed by atoms with van der Waals surface area (Å²) < 4.78 is 46.1. The smallest absolute Gasteiger partial charge is 0.264 e. The van der Waals surface area contributed by atoms with Crippen molar-refractivity contribution >= 4 is 10.0 Å². The van der Waals surface area contributed by atoms with Gasteiger partial charge in [0.1, 0.15) is 16.5 Å². The van der Waals surface area contributed by atoms with E-state index in [-0.39, 0.29) is 18.2 Å². The first-order valence-corrected chi connectivity index (χ1v) is 7.71. The Morgan fingerprint density at radius 1 is 1.43 bits per heavy atom. The highest BCUT2D eigenvalue weighted by molar-refractivity contribution is 7.89. The van der Waals surface area contributed by atoms with Crippen LogP contribution in [0.3, 0.4) is 0 Å². The van der Waals surface area contributed by atoms with E-state index < -0.39 is 20.7 Å². The molecule has 2 N–H and O–H groups in total. The number of aryl methyl sites for hydroxylation is 1. The Kier molecular flexibility index (Phi) is 4.53. The molecule has 1 heterocycles. The lowest BCUT2D eigenvalue weighted by Crippen LogP contribution is -2.14. The van der Waals surface area contributed by atoms with Crippen LogP contribution < -0.4 is 9.88 Å². The molecule has 0 aliphatic carbocycles. The molecule has 9 heteroatoms. The largest absolute Gasteiger partial charge is 0.482 e. The molecule has 0 atom stereocenters. The van der Waals surface area contributed by atoms with E-state index in [9.17, 15) is 12.8 Å². The summed E-state index contributed by atoms with van der Waals surface area (Å²) in [5.41, 5.74) is 0. The molecule has 0 aliphatic rings. The van der Waals surface area contributed by atoms with Gasteiger partial charge in [-0.15, -0.1) is 0 Å². The van der Waals surface area contributed by atoms with Gasteiger partial charge in [-0.2, -0.15) is 4.98 Å². The SMILES string of the molecule is CCCc1noc(COc2ccc(F)cc2S(N)(=O)=O)n1. The highest BCUT2D eigenvalue weighted by atomic mass is 32.2. The summed E-state index contributed by atoms with van der Waals surface area (Å²) in [5, 5.41) is 8.75. The lowest BCUT2D eigenvalue weighted by atomic mass is 10.3. The first kappa shape index (κ1) is 15.4. The van der Waals surface area contributed by atoms with Crippen LogP contribution in [0.5, 0.6) is 5.75 Å². The minimum absolute atomic E-state index is 0.0749. The second kappa shape index (κ2) is 6.19. The van der Waals surface area contributed by atoms with E-state index in [0.717, 1.165) is 18.6 Å². The number of nitrogens with zero attached hydrogens (tertiary/aromatic N) is 2. The third-order valence-corrected chi connectivity index (χ3v) is 3.48. The monoisotopic (exact) mass is 315 g/mol. The molecule has 0 saturated heterocycles. The van der Waals surface area contributed by atoms with Crippen molar-refractivity contribution < 1.29 is 22.1 Å². The Morgan fingerprint density at radius 3 is 2.86 bits per heavy atom. The van der Waals surface area contributed by atoms with Gasteiger partial charge in [0, 0.05) is 6.42 Å². The molecule has 0 aliphatic heterocycles. The summed E-state index contributed by atoms with van der Waals surface area (Å²) >= 11 is 0. The molecule has 0 saturated carbocycles. The quantitative estimate of drug-likeness (QED) is 0.863. The number of aromatic nitrogens is 2. The molecule has 0 bridgehead atoms. The van der Waals surface area contributed by atoms with Gasteiger partial charge >= 0.3 is 0 Å². The highest BCUT2D eigenvalue weighted by Crippen LogP contribution is 2.24. The van der Waals surface area contributed by atoms with E-state index in [4.69, 9.17) is 14.4 Å². The van der Waals surface area contributed by atoms with Crippen molar-refractivity contribution in [3.05, 3.63) is 35.7 Å². The molecular formula is C12H14FN3O4S. The van der Waals surface area contributed by atoms with E-state index in [1.165, 1.54) is 6.07 Å². The fourth-order valence-electron chi connectivity index (χ4n) is 1.64. The second-order valence-electron chi connectivity index (χ2n) is 4.28. The molecular weight excluding hydrogens is 301 g/mol. The van der Waals surface area contributed by atoms with Crippen LogP contribution in [0, 0.1) is 5.82 Å². The number of primary sulfonamides is 1. The average molecular weight is 315 g/mol. The van der Waals surface area contributed by atoms with Gasteiger partial charge in [-0.25, -0.2) is 17.9 Å². The number of rotatable bonds is 6. The highest BCUT2D eigenvalue weighted by Gasteiger charge is 2.17. The van der Waals surface area contributed by atoms with Gasteiger partial charge in [0.05, 0.1) is 0 Å². The summed E-state index contributed by atoms with van der Waals surface area (Å²) in [6.07, 6.45) is 1.54. The summed E-state index contributed by atoms with van der Waals surface area (Å²) in [7, 11) is -4.10. The molecule has 0 amide bonds. The van der Waals surface area contributed by atoms with Crippen molar-refractivity contribution in [3.63, 3.8) is 0 Å². The van der Waals surface area contributed by atoms with Gasteiger partial charge in [0.15, 0.2) is 12.4 Å². The molecule has 1 aromatic carbocycles. The number of hydrogen-bond acceptors (Lipinski definition) is 6. The zero-order valence-electron chi connectivity index (χ0n) is 11.2. The fourth-order valence-corrected chi connectivity index (χ4v) is 2.32. The zero-order valence-corrected chi connectivity index (χ0v) is 12.1. The number of nitrogens with two attached hydrogens (primary N) is 1. The third kappa shape index (κ3) is 3.99. The topological polar surface area (TPSA) is 108 Å². The van der Waals surface area contributed by atoms with Crippen molar-refractivity contribution in [2.45, 2.75) is 31.3 Å². The fraction of sp³-hybridized carbons (Fsp3) is 0.333. The Bertz CT molecular complexity index is 730. The minimum Gasteiger partial charge on any atom is -0.482 e. The normalized spacial score (nSPS) is 11.6. The first-order valence-electron chi connectivity index (χ1n) is 6.16. The van der Waals surface area contributed by atoms with E-state index in [1.807, 2.05) is 6.92 Å². The van der Waals surface area contributed by atoms with Gasteiger partial charge in [-0.3, -0.25) is 0 Å². The van der Waals surface area contributed by atoms with Crippen LogP contribution in [0.4, 0.5) is 4.39 Å². The lowest BCUT2D eigenvalue weighted by Gasteiger charge is -2.08. The number of halogens is 1. The molecule has 1 aromatic heterocycles. The molecule has 0 unspecified atom stereocenters. The van der Waals surface area contributed by atoms with Crippen LogP contribution >= 0.6 is 0 Å². The molecule has 0 radical (unpaired) electrons. The van der Waals surface area contributed by atoms with E-state index in [1.54, 1.807) is 0 Å². The zero-order chi connectivity index (χ0) is 15.5. The number of hydrogen-bond donors (Lipinski definition) is 1. The predicted octanol–water partition coefficient (Wildman–Crippen LogP) is 1.39. The molecule has 2 aromatic rings. The Balaban J connectivity index is 2.16. The maximum absolute atomic E-state index is 13.1. The molecule has 7 nitrogen and oxygen atoms in total. The van der Waals surface area contributed by atoms with Gasteiger partial charge in [0.2, 0.25) is 10.0 Å². The number of ether oxygens (including phenoxy) is 1. The second-order valence-corrected chi connectivity index (χ2v) is 5.81. The predicted molar refractivity (Wildman–Crippen MR) is 70.4 cm³/mol. The van der Waals surface area contributed by atoms with E-state index in [2.05, 4.69) is 10.1 Å². The summed E-state index contributed by atoms with van der Waals surface area (Å²) in [6.45, 7) is 1.84. The number of sulfonamides is 1. The lowest BCUT2D eigenvalue weighted by molar-refractivity contribution is 0.237. The Hall–Kier alpha value is -2.00. The van der Waals surface area contributed by atoms with E-state index >= 15 is 0 Å². The van der Waals surface area contributed by atoms with Crippen LogP contribution in [0.1, 0.15) is 25.1 Å². The molecule has 0 fully saturated rings.